The second-order valence-electron chi connectivity index (χ2n) is 4.32. The molecule has 2 aromatic rings. The highest BCUT2D eigenvalue weighted by Gasteiger charge is 2.05. The van der Waals surface area contributed by atoms with E-state index in [4.69, 9.17) is 11.6 Å². The minimum atomic E-state index is -0.0535. The third kappa shape index (κ3) is 4.08. The van der Waals surface area contributed by atoms with Crippen LogP contribution >= 0.6 is 27.5 Å². The molecule has 0 bridgehead atoms. The van der Waals surface area contributed by atoms with E-state index in [-0.39, 0.29) is 5.91 Å². The molecular formula is C15H13BrClNO. The topological polar surface area (TPSA) is 29.1 Å². The predicted molar refractivity (Wildman–Crippen MR) is 82.7 cm³/mol. The first kappa shape index (κ1) is 14.1. The van der Waals surface area contributed by atoms with Crippen molar-refractivity contribution < 1.29 is 4.79 Å². The van der Waals surface area contributed by atoms with Gasteiger partial charge in [-0.05, 0) is 42.3 Å². The van der Waals surface area contributed by atoms with Crippen molar-refractivity contribution in [2.24, 2.45) is 0 Å². The van der Waals surface area contributed by atoms with Gasteiger partial charge in [0.25, 0.3) is 0 Å². The Morgan fingerprint density at radius 1 is 1.21 bits per heavy atom. The number of halogens is 2. The van der Waals surface area contributed by atoms with Crippen molar-refractivity contribution in [3.8, 4) is 0 Å². The van der Waals surface area contributed by atoms with E-state index in [1.807, 2.05) is 43.3 Å². The van der Waals surface area contributed by atoms with Crippen LogP contribution in [-0.4, -0.2) is 5.91 Å². The zero-order chi connectivity index (χ0) is 13.8. The van der Waals surface area contributed by atoms with Crippen LogP contribution in [0.15, 0.2) is 46.9 Å². The average Bonchev–Trinajstić information content (AvgIpc) is 2.37. The number of rotatable bonds is 3. The average molecular weight is 339 g/mol. The fourth-order valence-electron chi connectivity index (χ4n) is 1.66. The van der Waals surface area contributed by atoms with Gasteiger partial charge in [-0.3, -0.25) is 4.79 Å². The molecule has 2 rings (SSSR count). The van der Waals surface area contributed by atoms with Gasteiger partial charge in [-0.25, -0.2) is 0 Å². The summed E-state index contributed by atoms with van der Waals surface area (Å²) in [7, 11) is 0. The molecule has 0 spiro atoms. The predicted octanol–water partition coefficient (Wildman–Crippen LogP) is 4.59. The minimum Gasteiger partial charge on any atom is -0.326 e. The maximum atomic E-state index is 11.9. The van der Waals surface area contributed by atoms with Crippen LogP contribution in [0.3, 0.4) is 0 Å². The summed E-state index contributed by atoms with van der Waals surface area (Å²) in [4.78, 5) is 11.9. The molecule has 0 aliphatic carbocycles. The lowest BCUT2D eigenvalue weighted by molar-refractivity contribution is -0.115. The molecule has 1 amide bonds. The Hall–Kier alpha value is -1.32. The van der Waals surface area contributed by atoms with E-state index in [1.165, 1.54) is 0 Å². The van der Waals surface area contributed by atoms with E-state index >= 15 is 0 Å². The number of aryl methyl sites for hydroxylation is 1. The van der Waals surface area contributed by atoms with Gasteiger partial charge in [0, 0.05) is 15.2 Å². The first-order valence-electron chi connectivity index (χ1n) is 5.85. The molecule has 2 aromatic carbocycles. The lowest BCUT2D eigenvalue weighted by atomic mass is 10.1. The van der Waals surface area contributed by atoms with Gasteiger partial charge in [-0.2, -0.15) is 0 Å². The Morgan fingerprint density at radius 3 is 2.53 bits per heavy atom. The Bertz CT molecular complexity index is 596. The van der Waals surface area contributed by atoms with Gasteiger partial charge in [0.2, 0.25) is 5.91 Å². The number of amides is 1. The molecular weight excluding hydrogens is 326 g/mol. The van der Waals surface area contributed by atoms with Crippen molar-refractivity contribution in [2.75, 3.05) is 5.32 Å². The lowest BCUT2D eigenvalue weighted by Gasteiger charge is -2.07. The second kappa shape index (κ2) is 6.22. The fourth-order valence-corrected chi connectivity index (χ4v) is 2.11. The summed E-state index contributed by atoms with van der Waals surface area (Å²) in [6.45, 7) is 1.93. The molecule has 0 aliphatic rings. The molecule has 0 saturated heterocycles. The van der Waals surface area contributed by atoms with Crippen molar-refractivity contribution in [1.29, 1.82) is 0 Å². The molecule has 0 radical (unpaired) electrons. The lowest BCUT2D eigenvalue weighted by Crippen LogP contribution is -2.14. The van der Waals surface area contributed by atoms with Crippen LogP contribution in [-0.2, 0) is 11.2 Å². The van der Waals surface area contributed by atoms with E-state index < -0.39 is 0 Å². The number of nitrogens with one attached hydrogen (secondary N) is 1. The molecule has 0 fully saturated rings. The molecule has 19 heavy (non-hydrogen) atoms. The van der Waals surface area contributed by atoms with Gasteiger partial charge < -0.3 is 5.32 Å². The first-order valence-corrected chi connectivity index (χ1v) is 7.02. The highest BCUT2D eigenvalue weighted by molar-refractivity contribution is 9.10. The number of hydrogen-bond donors (Lipinski definition) is 1. The number of benzene rings is 2. The SMILES string of the molecule is Cc1ccc(NC(=O)Cc2ccc(Br)cc2)cc1Cl. The molecule has 0 saturated carbocycles. The molecule has 2 nitrogen and oxygen atoms in total. The zero-order valence-electron chi connectivity index (χ0n) is 10.4. The van der Waals surface area contributed by atoms with Gasteiger partial charge in [-0.15, -0.1) is 0 Å². The number of carbonyl (C=O) groups is 1. The van der Waals surface area contributed by atoms with Crippen molar-refractivity contribution >= 4 is 39.1 Å². The fraction of sp³-hybridized carbons (Fsp3) is 0.133. The smallest absolute Gasteiger partial charge is 0.228 e. The monoisotopic (exact) mass is 337 g/mol. The van der Waals surface area contributed by atoms with Crippen LogP contribution in [0.4, 0.5) is 5.69 Å². The summed E-state index contributed by atoms with van der Waals surface area (Å²) < 4.78 is 1.00. The van der Waals surface area contributed by atoms with Crippen LogP contribution in [0.2, 0.25) is 5.02 Å². The highest BCUT2D eigenvalue weighted by Crippen LogP contribution is 2.20. The van der Waals surface area contributed by atoms with Gasteiger partial charge in [-0.1, -0.05) is 45.7 Å². The van der Waals surface area contributed by atoms with Crippen LogP contribution in [0.25, 0.3) is 0 Å². The van der Waals surface area contributed by atoms with E-state index in [0.29, 0.717) is 11.4 Å². The summed E-state index contributed by atoms with van der Waals surface area (Å²) in [5.41, 5.74) is 2.68. The normalized spacial score (nSPS) is 10.3. The van der Waals surface area contributed by atoms with Gasteiger partial charge >= 0.3 is 0 Å². The summed E-state index contributed by atoms with van der Waals surface area (Å²) in [5, 5.41) is 3.49. The van der Waals surface area contributed by atoms with Crippen molar-refractivity contribution in [1.82, 2.24) is 0 Å². The van der Waals surface area contributed by atoms with Crippen LogP contribution < -0.4 is 5.32 Å². The highest BCUT2D eigenvalue weighted by atomic mass is 79.9. The summed E-state index contributed by atoms with van der Waals surface area (Å²) in [5.74, 6) is -0.0535. The van der Waals surface area contributed by atoms with Crippen molar-refractivity contribution in [3.05, 3.63) is 63.1 Å². The molecule has 1 N–H and O–H groups in total. The van der Waals surface area contributed by atoms with Crippen LogP contribution in [0, 0.1) is 6.92 Å². The number of carbonyl (C=O) groups excluding carboxylic acids is 1. The van der Waals surface area contributed by atoms with Gasteiger partial charge in [0.15, 0.2) is 0 Å². The summed E-state index contributed by atoms with van der Waals surface area (Å²) in [6, 6.07) is 13.2. The van der Waals surface area contributed by atoms with Crippen molar-refractivity contribution in [3.63, 3.8) is 0 Å². The second-order valence-corrected chi connectivity index (χ2v) is 5.64. The summed E-state index contributed by atoms with van der Waals surface area (Å²) in [6.07, 6.45) is 0.346. The van der Waals surface area contributed by atoms with Crippen LogP contribution in [0.1, 0.15) is 11.1 Å². The van der Waals surface area contributed by atoms with E-state index in [1.54, 1.807) is 6.07 Å². The maximum absolute atomic E-state index is 11.9. The molecule has 0 aliphatic heterocycles. The van der Waals surface area contributed by atoms with Gasteiger partial charge in [0.1, 0.15) is 0 Å². The Kier molecular flexibility index (Phi) is 4.61. The Morgan fingerprint density at radius 2 is 1.89 bits per heavy atom. The van der Waals surface area contributed by atoms with Crippen molar-refractivity contribution in [2.45, 2.75) is 13.3 Å². The van der Waals surface area contributed by atoms with E-state index in [0.717, 1.165) is 21.3 Å². The molecule has 4 heteroatoms. The Balaban J connectivity index is 2.01. The molecule has 0 atom stereocenters. The number of hydrogen-bond acceptors (Lipinski definition) is 1. The van der Waals surface area contributed by atoms with Gasteiger partial charge in [0.05, 0.1) is 6.42 Å². The van der Waals surface area contributed by atoms with E-state index in [9.17, 15) is 4.79 Å². The van der Waals surface area contributed by atoms with E-state index in [2.05, 4.69) is 21.2 Å². The summed E-state index contributed by atoms with van der Waals surface area (Å²) >= 11 is 9.38. The largest absolute Gasteiger partial charge is 0.326 e. The molecule has 0 aromatic heterocycles. The first-order chi connectivity index (χ1) is 9.04. The minimum absolute atomic E-state index is 0.0535. The molecule has 0 heterocycles. The third-order valence-corrected chi connectivity index (χ3v) is 3.67. The molecule has 0 unspecified atom stereocenters. The Labute approximate surface area is 125 Å². The third-order valence-electron chi connectivity index (χ3n) is 2.73. The number of anilines is 1. The van der Waals surface area contributed by atoms with Crippen LogP contribution in [0.5, 0.6) is 0 Å². The zero-order valence-corrected chi connectivity index (χ0v) is 12.8. The maximum Gasteiger partial charge on any atom is 0.228 e. The molecule has 98 valence electrons. The quantitative estimate of drug-likeness (QED) is 0.871. The standard InChI is InChI=1S/C15H13BrClNO/c1-10-2-7-13(9-14(10)17)18-15(19)8-11-3-5-12(16)6-4-11/h2-7,9H,8H2,1H3,(H,18,19).